The number of nitrogen functional groups attached to an aromatic ring is 1. The van der Waals surface area contributed by atoms with Crippen LogP contribution in [-0.2, 0) is 0 Å². The molecule has 0 bridgehead atoms. The number of rotatable bonds is 6. The fourth-order valence-corrected chi connectivity index (χ4v) is 3.40. The molecule has 5 N–H and O–H groups in total. The quantitative estimate of drug-likeness (QED) is 0.456. The highest BCUT2D eigenvalue weighted by Crippen LogP contribution is 2.37. The summed E-state index contributed by atoms with van der Waals surface area (Å²) < 4.78 is 0. The molecule has 1 aromatic rings. The maximum atomic E-state index is 9.82. The predicted octanol–water partition coefficient (Wildman–Crippen LogP) is 2.95. The SMILES string of the molecule is C=C(O)/C=C(\C(=C)O)c1nc(N)c(C#N)c(C2CCC(CNC)CC2)n1. The molecule has 26 heavy (non-hydrogen) atoms. The fraction of sp³-hybridized carbons (Fsp3) is 0.421. The summed E-state index contributed by atoms with van der Waals surface area (Å²) in [6, 6.07) is 2.10. The van der Waals surface area contributed by atoms with Crippen LogP contribution < -0.4 is 11.1 Å². The summed E-state index contributed by atoms with van der Waals surface area (Å²) in [4.78, 5) is 8.61. The van der Waals surface area contributed by atoms with E-state index in [9.17, 15) is 15.5 Å². The topological polar surface area (TPSA) is 128 Å². The van der Waals surface area contributed by atoms with Gasteiger partial charge >= 0.3 is 0 Å². The second-order valence-corrected chi connectivity index (χ2v) is 6.58. The van der Waals surface area contributed by atoms with Crippen molar-refractivity contribution in [1.82, 2.24) is 15.3 Å². The average Bonchev–Trinajstić information content (AvgIpc) is 2.59. The van der Waals surface area contributed by atoms with Crippen molar-refractivity contribution in [3.63, 3.8) is 0 Å². The van der Waals surface area contributed by atoms with Crippen molar-refractivity contribution in [1.29, 1.82) is 5.26 Å². The van der Waals surface area contributed by atoms with E-state index in [1.54, 1.807) is 0 Å². The number of nitrogens with zero attached hydrogens (tertiary/aromatic N) is 3. The molecule has 0 unspecified atom stereocenters. The lowest BCUT2D eigenvalue weighted by Gasteiger charge is -2.28. The molecule has 138 valence electrons. The van der Waals surface area contributed by atoms with E-state index in [1.807, 2.05) is 7.05 Å². The Kier molecular flexibility index (Phi) is 6.36. The number of nitrogens with one attached hydrogen (secondary N) is 1. The van der Waals surface area contributed by atoms with Gasteiger partial charge in [-0.05, 0) is 51.3 Å². The molecular weight excluding hydrogens is 330 g/mol. The van der Waals surface area contributed by atoms with Gasteiger partial charge in [-0.15, -0.1) is 0 Å². The first-order valence-electron chi connectivity index (χ1n) is 8.57. The summed E-state index contributed by atoms with van der Waals surface area (Å²) in [6.07, 6.45) is 5.11. The molecule has 0 amide bonds. The van der Waals surface area contributed by atoms with Crippen molar-refractivity contribution >= 4 is 11.4 Å². The Morgan fingerprint density at radius 2 is 1.96 bits per heavy atom. The molecule has 1 aromatic heterocycles. The second kappa shape index (κ2) is 8.50. The van der Waals surface area contributed by atoms with Gasteiger partial charge in [-0.3, -0.25) is 0 Å². The Labute approximate surface area is 153 Å². The van der Waals surface area contributed by atoms with Gasteiger partial charge in [-0.2, -0.15) is 5.26 Å². The van der Waals surface area contributed by atoms with Gasteiger partial charge in [0.15, 0.2) is 5.82 Å². The molecule has 1 heterocycles. The molecular formula is C19H25N5O2. The first kappa shape index (κ1) is 19.5. The zero-order chi connectivity index (χ0) is 19.3. The largest absolute Gasteiger partial charge is 0.509 e. The average molecular weight is 355 g/mol. The van der Waals surface area contributed by atoms with E-state index in [-0.39, 0.29) is 40.2 Å². The lowest BCUT2D eigenvalue weighted by Crippen LogP contribution is -2.24. The smallest absolute Gasteiger partial charge is 0.165 e. The summed E-state index contributed by atoms with van der Waals surface area (Å²) in [6.45, 7) is 7.83. The van der Waals surface area contributed by atoms with Crippen LogP contribution in [0.2, 0.25) is 0 Å². The maximum Gasteiger partial charge on any atom is 0.165 e. The number of hydrogen-bond donors (Lipinski definition) is 4. The van der Waals surface area contributed by atoms with Crippen LogP contribution in [0.15, 0.2) is 30.8 Å². The second-order valence-electron chi connectivity index (χ2n) is 6.58. The Morgan fingerprint density at radius 3 is 2.46 bits per heavy atom. The van der Waals surface area contributed by atoms with Gasteiger partial charge < -0.3 is 21.3 Å². The lowest BCUT2D eigenvalue weighted by atomic mass is 9.79. The van der Waals surface area contributed by atoms with Crippen molar-refractivity contribution in [3.05, 3.63) is 47.8 Å². The molecule has 1 fully saturated rings. The van der Waals surface area contributed by atoms with E-state index < -0.39 is 0 Å². The van der Waals surface area contributed by atoms with Gasteiger partial charge in [0, 0.05) is 5.92 Å². The predicted molar refractivity (Wildman–Crippen MR) is 101 cm³/mol. The summed E-state index contributed by atoms with van der Waals surface area (Å²) in [7, 11) is 1.95. The first-order chi connectivity index (χ1) is 12.4. The summed E-state index contributed by atoms with van der Waals surface area (Å²) in [5.41, 5.74) is 6.97. The molecule has 0 aromatic carbocycles. The first-order valence-corrected chi connectivity index (χ1v) is 8.57. The highest BCUT2D eigenvalue weighted by atomic mass is 16.3. The zero-order valence-corrected chi connectivity index (χ0v) is 15.0. The highest BCUT2D eigenvalue weighted by Gasteiger charge is 2.27. The van der Waals surface area contributed by atoms with Gasteiger partial charge in [0.25, 0.3) is 0 Å². The van der Waals surface area contributed by atoms with E-state index in [0.29, 0.717) is 11.6 Å². The minimum absolute atomic E-state index is 0.0561. The van der Waals surface area contributed by atoms with Crippen molar-refractivity contribution < 1.29 is 10.2 Å². The van der Waals surface area contributed by atoms with Crippen LogP contribution in [0.3, 0.4) is 0 Å². The van der Waals surface area contributed by atoms with E-state index in [2.05, 4.69) is 34.5 Å². The Balaban J connectivity index is 2.43. The van der Waals surface area contributed by atoms with Crippen LogP contribution in [0.25, 0.3) is 5.57 Å². The highest BCUT2D eigenvalue weighted by molar-refractivity contribution is 5.75. The molecule has 7 heteroatoms. The van der Waals surface area contributed by atoms with Gasteiger partial charge in [-0.1, -0.05) is 13.2 Å². The van der Waals surface area contributed by atoms with E-state index in [1.165, 1.54) is 6.08 Å². The molecule has 0 spiro atoms. The molecule has 0 saturated heterocycles. The van der Waals surface area contributed by atoms with Crippen molar-refractivity contribution in [2.24, 2.45) is 5.92 Å². The molecule has 1 aliphatic carbocycles. The molecule has 2 rings (SSSR count). The third-order valence-electron chi connectivity index (χ3n) is 4.67. The number of aromatic nitrogens is 2. The van der Waals surface area contributed by atoms with Crippen LogP contribution in [0.5, 0.6) is 0 Å². The molecule has 0 aliphatic heterocycles. The maximum absolute atomic E-state index is 9.82. The van der Waals surface area contributed by atoms with Crippen LogP contribution >= 0.6 is 0 Å². The minimum Gasteiger partial charge on any atom is -0.509 e. The van der Waals surface area contributed by atoms with Gasteiger partial charge in [0.2, 0.25) is 0 Å². The zero-order valence-electron chi connectivity index (χ0n) is 15.0. The van der Waals surface area contributed by atoms with Crippen molar-refractivity contribution in [2.75, 3.05) is 19.3 Å². The number of anilines is 1. The third kappa shape index (κ3) is 4.41. The van der Waals surface area contributed by atoms with E-state index in [4.69, 9.17) is 5.73 Å². The van der Waals surface area contributed by atoms with Crippen LogP contribution in [-0.4, -0.2) is 33.8 Å². The lowest BCUT2D eigenvalue weighted by molar-refractivity contribution is 0.316. The van der Waals surface area contributed by atoms with Crippen LogP contribution in [0.1, 0.15) is 48.7 Å². The number of nitriles is 1. The van der Waals surface area contributed by atoms with Crippen LogP contribution in [0, 0.1) is 17.2 Å². The number of nitrogens with two attached hydrogens (primary N) is 1. The summed E-state index contributed by atoms with van der Waals surface area (Å²) >= 11 is 0. The van der Waals surface area contributed by atoms with Crippen molar-refractivity contribution in [2.45, 2.75) is 31.6 Å². The number of aliphatic hydroxyl groups is 2. The molecule has 7 nitrogen and oxygen atoms in total. The van der Waals surface area contributed by atoms with E-state index in [0.717, 1.165) is 32.2 Å². The van der Waals surface area contributed by atoms with Gasteiger partial charge in [-0.25, -0.2) is 9.97 Å². The van der Waals surface area contributed by atoms with E-state index >= 15 is 0 Å². The number of aliphatic hydroxyl groups excluding tert-OH is 2. The minimum atomic E-state index is -0.312. The number of allylic oxidation sites excluding steroid dienone is 2. The molecule has 0 atom stereocenters. The number of hydrogen-bond acceptors (Lipinski definition) is 7. The van der Waals surface area contributed by atoms with Crippen molar-refractivity contribution in [3.8, 4) is 6.07 Å². The molecule has 1 aliphatic rings. The Hall–Kier alpha value is -2.85. The third-order valence-corrected chi connectivity index (χ3v) is 4.67. The summed E-state index contributed by atoms with van der Waals surface area (Å²) in [5, 5.41) is 31.9. The Bertz CT molecular complexity index is 771. The monoisotopic (exact) mass is 355 g/mol. The summed E-state index contributed by atoms with van der Waals surface area (Å²) in [5.74, 6) is 0.319. The van der Waals surface area contributed by atoms with Gasteiger partial charge in [0.1, 0.15) is 29.0 Å². The standard InChI is InChI=1S/C19H25N5O2/c1-11(25)8-15(12(2)26)19-23-17(16(9-20)18(21)24-19)14-6-4-13(5-7-14)10-22-3/h8,13-14,22,25-26H,1-2,4-7,10H2,3H3,(H2,21,23,24)/b15-8+. The molecule has 1 saturated carbocycles. The van der Waals surface area contributed by atoms with Crippen LogP contribution in [0.4, 0.5) is 5.82 Å². The Morgan fingerprint density at radius 1 is 1.31 bits per heavy atom. The normalized spacial score (nSPS) is 20.4. The van der Waals surface area contributed by atoms with Gasteiger partial charge in [0.05, 0.1) is 11.3 Å². The molecule has 0 radical (unpaired) electrons. The fourth-order valence-electron chi connectivity index (χ4n) is 3.40.